The third-order valence-corrected chi connectivity index (χ3v) is 2.20. The fourth-order valence-electron chi connectivity index (χ4n) is 1.03. The number of ether oxygens (including phenoxy) is 1. The molecule has 0 aromatic heterocycles. The molecule has 1 aliphatic heterocycles. The van der Waals surface area contributed by atoms with Crippen molar-refractivity contribution in [2.24, 2.45) is 0 Å². The van der Waals surface area contributed by atoms with Gasteiger partial charge in [0.25, 0.3) is 0 Å². The molecule has 0 saturated carbocycles. The number of hydrogen-bond acceptors (Lipinski definition) is 8. The van der Waals surface area contributed by atoms with Crippen molar-refractivity contribution in [2.45, 2.75) is 24.6 Å². The number of phosphoric acid groups is 1. The summed E-state index contributed by atoms with van der Waals surface area (Å²) in [7, 11) is -5.14. The molecule has 16 heavy (non-hydrogen) atoms. The zero-order chi connectivity index (χ0) is 10.9. The SMILES string of the molecule is O=P([O-])([O-])OC[C@H]1OC(O)[C@@H](O)[C@@H]1O.[Na+].[Na+]. The van der Waals surface area contributed by atoms with Gasteiger partial charge >= 0.3 is 59.1 Å². The topological polar surface area (TPSA) is 142 Å². The van der Waals surface area contributed by atoms with E-state index in [9.17, 15) is 14.4 Å². The molecule has 3 N–H and O–H groups in total. The van der Waals surface area contributed by atoms with Gasteiger partial charge in [-0.15, -0.1) is 0 Å². The van der Waals surface area contributed by atoms with Crippen LogP contribution in [0, 0.1) is 0 Å². The summed E-state index contributed by atoms with van der Waals surface area (Å²) in [6.07, 6.45) is -5.88. The van der Waals surface area contributed by atoms with Crippen LogP contribution in [0.2, 0.25) is 0 Å². The second-order valence-corrected chi connectivity index (χ2v) is 3.94. The van der Waals surface area contributed by atoms with Gasteiger partial charge in [-0.3, -0.25) is 0 Å². The van der Waals surface area contributed by atoms with Crippen LogP contribution in [0.3, 0.4) is 0 Å². The first-order valence-corrected chi connectivity index (χ1v) is 5.13. The molecule has 1 saturated heterocycles. The maximum atomic E-state index is 10.0. The van der Waals surface area contributed by atoms with Gasteiger partial charge in [0.1, 0.15) is 18.3 Å². The van der Waals surface area contributed by atoms with Crippen LogP contribution in [0.5, 0.6) is 0 Å². The monoisotopic (exact) mass is 274 g/mol. The molecule has 0 aliphatic carbocycles. The maximum Gasteiger partial charge on any atom is 1.00 e. The zero-order valence-electron chi connectivity index (χ0n) is 8.85. The Morgan fingerprint density at radius 1 is 1.19 bits per heavy atom. The molecular formula is C5H9Na2O8P. The van der Waals surface area contributed by atoms with E-state index in [4.69, 9.17) is 15.3 Å². The van der Waals surface area contributed by atoms with E-state index in [1.807, 2.05) is 0 Å². The molecular weight excluding hydrogens is 265 g/mol. The summed E-state index contributed by atoms with van der Waals surface area (Å²) in [5.41, 5.74) is 0. The smallest absolute Gasteiger partial charge is 0.790 e. The third kappa shape index (κ3) is 6.21. The third-order valence-electron chi connectivity index (χ3n) is 1.73. The van der Waals surface area contributed by atoms with Gasteiger partial charge in [0, 0.05) is 0 Å². The Labute approximate surface area is 136 Å². The summed E-state index contributed by atoms with van der Waals surface area (Å²) < 4.78 is 18.4. The van der Waals surface area contributed by atoms with E-state index in [0.717, 1.165) is 0 Å². The van der Waals surface area contributed by atoms with Gasteiger partial charge in [0.2, 0.25) is 0 Å². The summed E-state index contributed by atoms with van der Waals surface area (Å²) in [6.45, 7) is -0.737. The van der Waals surface area contributed by atoms with E-state index < -0.39 is 39.0 Å². The molecule has 0 aromatic rings. The van der Waals surface area contributed by atoms with Gasteiger partial charge < -0.3 is 38.9 Å². The van der Waals surface area contributed by atoms with Crippen LogP contribution >= 0.6 is 7.82 Å². The van der Waals surface area contributed by atoms with Crippen molar-refractivity contribution in [3.63, 3.8) is 0 Å². The van der Waals surface area contributed by atoms with Gasteiger partial charge in [-0.25, -0.2) is 0 Å². The largest absolute Gasteiger partial charge is 1.00 e. The summed E-state index contributed by atoms with van der Waals surface area (Å²) >= 11 is 0. The number of aliphatic hydroxyl groups excluding tert-OH is 3. The van der Waals surface area contributed by atoms with E-state index in [-0.39, 0.29) is 59.1 Å². The van der Waals surface area contributed by atoms with Crippen LogP contribution < -0.4 is 68.9 Å². The van der Waals surface area contributed by atoms with Gasteiger partial charge in [-0.2, -0.15) is 0 Å². The van der Waals surface area contributed by atoms with E-state index in [1.165, 1.54) is 0 Å². The van der Waals surface area contributed by atoms with Crippen LogP contribution in [0.1, 0.15) is 0 Å². The normalized spacial score (nSPS) is 34.1. The fraction of sp³-hybridized carbons (Fsp3) is 1.00. The van der Waals surface area contributed by atoms with Crippen molar-refractivity contribution >= 4 is 7.82 Å². The summed E-state index contributed by atoms with van der Waals surface area (Å²) in [6, 6.07) is 0. The molecule has 1 unspecified atom stereocenters. The molecule has 0 bridgehead atoms. The molecule has 84 valence electrons. The molecule has 11 heteroatoms. The van der Waals surface area contributed by atoms with E-state index >= 15 is 0 Å². The molecule has 1 rings (SSSR count). The number of phosphoric ester groups is 1. The summed E-state index contributed by atoms with van der Waals surface area (Å²) in [5.74, 6) is 0. The van der Waals surface area contributed by atoms with Gasteiger partial charge in [0.15, 0.2) is 6.29 Å². The van der Waals surface area contributed by atoms with Crippen molar-refractivity contribution in [3.05, 3.63) is 0 Å². The van der Waals surface area contributed by atoms with Crippen molar-refractivity contribution in [1.82, 2.24) is 0 Å². The minimum absolute atomic E-state index is 0. The average molecular weight is 274 g/mol. The number of rotatable bonds is 3. The first-order valence-electron chi connectivity index (χ1n) is 3.67. The number of hydrogen-bond donors (Lipinski definition) is 3. The molecule has 1 fully saturated rings. The maximum absolute atomic E-state index is 10.0. The molecule has 0 amide bonds. The Balaban J connectivity index is 0. The first kappa shape index (κ1) is 20.3. The average Bonchev–Trinajstić information content (AvgIpc) is 2.28. The minimum Gasteiger partial charge on any atom is -0.790 e. The van der Waals surface area contributed by atoms with Gasteiger partial charge in [0.05, 0.1) is 14.4 Å². The van der Waals surface area contributed by atoms with Crippen LogP contribution in [0.4, 0.5) is 0 Å². The van der Waals surface area contributed by atoms with Crippen LogP contribution in [-0.4, -0.2) is 46.5 Å². The quantitative estimate of drug-likeness (QED) is 0.340. The molecule has 4 atom stereocenters. The second-order valence-electron chi connectivity index (χ2n) is 2.79. The van der Waals surface area contributed by atoms with E-state index in [2.05, 4.69) is 9.26 Å². The van der Waals surface area contributed by atoms with Crippen LogP contribution in [0.25, 0.3) is 0 Å². The standard InChI is InChI=1S/C5H11O8P.2Na/c6-3-2(1-12-14(9,10)11)13-5(8)4(3)7;;/h2-8H,1H2,(H2,9,10,11);;/q;2*+1/p-2/t2-,3-,4+,5?;;/m1../s1. The predicted molar refractivity (Wildman–Crippen MR) is 36.5 cm³/mol. The first-order chi connectivity index (χ1) is 6.31. The summed E-state index contributed by atoms with van der Waals surface area (Å²) in [4.78, 5) is 20.1. The van der Waals surface area contributed by atoms with Crippen LogP contribution in [0.15, 0.2) is 0 Å². The van der Waals surface area contributed by atoms with Gasteiger partial charge in [-0.05, 0) is 0 Å². The Morgan fingerprint density at radius 2 is 1.69 bits per heavy atom. The molecule has 8 nitrogen and oxygen atoms in total. The molecule has 0 aromatic carbocycles. The van der Waals surface area contributed by atoms with E-state index in [0.29, 0.717) is 0 Å². The molecule has 0 radical (unpaired) electrons. The second kappa shape index (κ2) is 8.19. The van der Waals surface area contributed by atoms with Crippen molar-refractivity contribution < 1.29 is 98.0 Å². The fourth-order valence-corrected chi connectivity index (χ4v) is 1.36. The van der Waals surface area contributed by atoms with Crippen molar-refractivity contribution in [3.8, 4) is 0 Å². The zero-order valence-corrected chi connectivity index (χ0v) is 13.7. The van der Waals surface area contributed by atoms with Crippen LogP contribution in [-0.2, 0) is 13.8 Å². The summed E-state index contributed by atoms with van der Waals surface area (Å²) in [5, 5.41) is 26.9. The Kier molecular flexibility index (Phi) is 10.4. The van der Waals surface area contributed by atoms with E-state index in [1.54, 1.807) is 0 Å². The number of aliphatic hydroxyl groups is 3. The van der Waals surface area contributed by atoms with Crippen molar-refractivity contribution in [1.29, 1.82) is 0 Å². The molecule has 1 aliphatic rings. The molecule has 0 spiro atoms. The Hall–Kier alpha value is 1.95. The Bertz CT molecular complexity index is 247. The van der Waals surface area contributed by atoms with Gasteiger partial charge in [-0.1, -0.05) is 0 Å². The minimum atomic E-state index is -5.14. The van der Waals surface area contributed by atoms with Crippen molar-refractivity contribution in [2.75, 3.05) is 6.61 Å². The Morgan fingerprint density at radius 3 is 2.00 bits per heavy atom. The predicted octanol–water partition coefficient (Wildman–Crippen LogP) is -9.72. The molecule has 1 heterocycles.